The molecular weight excluding hydrogens is 306 g/mol. The summed E-state index contributed by atoms with van der Waals surface area (Å²) in [5.41, 5.74) is 4.02. The quantitative estimate of drug-likeness (QED) is 0.650. The lowest BCUT2D eigenvalue weighted by molar-refractivity contribution is -0.116. The zero-order valence-corrected chi connectivity index (χ0v) is 14.6. The summed E-state index contributed by atoms with van der Waals surface area (Å²) < 4.78 is 0. The lowest BCUT2D eigenvalue weighted by Crippen LogP contribution is -2.23. The van der Waals surface area contributed by atoms with Gasteiger partial charge in [0.05, 0.1) is 5.92 Å². The molecular formula is C23H23NO. The molecule has 0 saturated heterocycles. The largest absolute Gasteiger partial charge is 0.325 e. The Bertz CT molecular complexity index is 785. The van der Waals surface area contributed by atoms with Gasteiger partial charge in [0.1, 0.15) is 0 Å². The predicted molar refractivity (Wildman–Crippen MR) is 104 cm³/mol. The van der Waals surface area contributed by atoms with Crippen LogP contribution in [0.5, 0.6) is 0 Å². The van der Waals surface area contributed by atoms with Crippen LogP contribution in [0.3, 0.4) is 0 Å². The van der Waals surface area contributed by atoms with Gasteiger partial charge in [0.15, 0.2) is 0 Å². The third kappa shape index (κ3) is 3.97. The molecule has 0 atom stereocenters. The molecule has 0 saturated carbocycles. The molecule has 0 aliphatic carbocycles. The molecule has 0 aliphatic rings. The Kier molecular flexibility index (Phi) is 5.30. The number of benzene rings is 3. The molecule has 0 heterocycles. The van der Waals surface area contributed by atoms with Crippen molar-refractivity contribution in [1.29, 1.82) is 0 Å². The van der Waals surface area contributed by atoms with Gasteiger partial charge in [0, 0.05) is 5.69 Å². The van der Waals surface area contributed by atoms with Crippen molar-refractivity contribution in [1.82, 2.24) is 0 Å². The highest BCUT2D eigenvalue weighted by Crippen LogP contribution is 2.29. The molecule has 0 unspecified atom stereocenters. The van der Waals surface area contributed by atoms with Gasteiger partial charge in [-0.3, -0.25) is 4.79 Å². The fourth-order valence-electron chi connectivity index (χ4n) is 3.11. The second kappa shape index (κ2) is 7.80. The van der Waals surface area contributed by atoms with Crippen LogP contribution < -0.4 is 5.32 Å². The van der Waals surface area contributed by atoms with E-state index in [1.165, 1.54) is 0 Å². The lowest BCUT2D eigenvalue weighted by atomic mass is 9.90. The SMILES string of the molecule is CC(C)c1ccccc1NC(=O)C(c1ccccc1)c1ccccc1. The highest BCUT2D eigenvalue weighted by Gasteiger charge is 2.23. The smallest absolute Gasteiger partial charge is 0.236 e. The summed E-state index contributed by atoms with van der Waals surface area (Å²) in [7, 11) is 0. The summed E-state index contributed by atoms with van der Waals surface area (Å²) in [4.78, 5) is 13.2. The van der Waals surface area contributed by atoms with Gasteiger partial charge in [0.25, 0.3) is 0 Å². The summed E-state index contributed by atoms with van der Waals surface area (Å²) in [6.07, 6.45) is 0. The molecule has 0 spiro atoms. The molecule has 25 heavy (non-hydrogen) atoms. The number of hydrogen-bond acceptors (Lipinski definition) is 1. The van der Waals surface area contributed by atoms with Crippen LogP contribution >= 0.6 is 0 Å². The van der Waals surface area contributed by atoms with E-state index in [0.29, 0.717) is 5.92 Å². The number of amides is 1. The van der Waals surface area contributed by atoms with Crippen LogP contribution in [-0.4, -0.2) is 5.91 Å². The highest BCUT2D eigenvalue weighted by atomic mass is 16.1. The second-order valence-electron chi connectivity index (χ2n) is 6.49. The van der Waals surface area contributed by atoms with Crippen molar-refractivity contribution in [2.45, 2.75) is 25.7 Å². The number of carbonyl (C=O) groups excluding carboxylic acids is 1. The van der Waals surface area contributed by atoms with Gasteiger partial charge in [-0.25, -0.2) is 0 Å². The van der Waals surface area contributed by atoms with Crippen molar-refractivity contribution in [3.63, 3.8) is 0 Å². The first-order valence-corrected chi connectivity index (χ1v) is 8.66. The molecule has 1 N–H and O–H groups in total. The van der Waals surface area contributed by atoms with Gasteiger partial charge in [-0.05, 0) is 28.7 Å². The lowest BCUT2D eigenvalue weighted by Gasteiger charge is -2.20. The van der Waals surface area contributed by atoms with Crippen LogP contribution in [0.4, 0.5) is 5.69 Å². The van der Waals surface area contributed by atoms with E-state index in [1.807, 2.05) is 78.9 Å². The van der Waals surface area contributed by atoms with Crippen LogP contribution in [0.1, 0.15) is 42.4 Å². The number of carbonyl (C=O) groups is 1. The number of nitrogens with one attached hydrogen (secondary N) is 1. The topological polar surface area (TPSA) is 29.1 Å². The van der Waals surface area contributed by atoms with Crippen molar-refractivity contribution in [3.8, 4) is 0 Å². The third-order valence-corrected chi connectivity index (χ3v) is 4.37. The molecule has 2 nitrogen and oxygen atoms in total. The Balaban J connectivity index is 1.96. The third-order valence-electron chi connectivity index (χ3n) is 4.37. The van der Waals surface area contributed by atoms with Crippen LogP contribution in [0.15, 0.2) is 84.9 Å². The molecule has 3 aromatic rings. The maximum Gasteiger partial charge on any atom is 0.236 e. The summed E-state index contributed by atoms with van der Waals surface area (Å²) in [5.74, 6) is 0.0107. The van der Waals surface area contributed by atoms with E-state index >= 15 is 0 Å². The van der Waals surface area contributed by atoms with E-state index in [9.17, 15) is 4.79 Å². The molecule has 0 radical (unpaired) electrons. The molecule has 0 aromatic heterocycles. The first-order chi connectivity index (χ1) is 12.2. The highest BCUT2D eigenvalue weighted by molar-refractivity contribution is 5.98. The van der Waals surface area contributed by atoms with E-state index in [0.717, 1.165) is 22.4 Å². The fraction of sp³-hybridized carbons (Fsp3) is 0.174. The summed E-state index contributed by atoms with van der Waals surface area (Å²) in [6.45, 7) is 4.27. The summed E-state index contributed by atoms with van der Waals surface area (Å²) in [6, 6.07) is 27.9. The molecule has 0 aliphatic heterocycles. The Labute approximate surface area is 149 Å². The van der Waals surface area contributed by atoms with E-state index in [4.69, 9.17) is 0 Å². The minimum absolute atomic E-state index is 0.00880. The van der Waals surface area contributed by atoms with Crippen molar-refractivity contribution < 1.29 is 4.79 Å². The van der Waals surface area contributed by atoms with Crippen LogP contribution in [0.25, 0.3) is 0 Å². The number of hydrogen-bond donors (Lipinski definition) is 1. The number of rotatable bonds is 5. The van der Waals surface area contributed by atoms with Gasteiger partial charge < -0.3 is 5.32 Å². The zero-order chi connectivity index (χ0) is 17.6. The summed E-state index contributed by atoms with van der Waals surface area (Å²) in [5, 5.41) is 3.15. The van der Waals surface area contributed by atoms with Gasteiger partial charge in [-0.15, -0.1) is 0 Å². The maximum atomic E-state index is 13.2. The molecule has 1 amide bonds. The second-order valence-corrected chi connectivity index (χ2v) is 6.49. The zero-order valence-electron chi connectivity index (χ0n) is 14.6. The monoisotopic (exact) mass is 329 g/mol. The van der Waals surface area contributed by atoms with Crippen LogP contribution in [0.2, 0.25) is 0 Å². The van der Waals surface area contributed by atoms with Crippen molar-refractivity contribution in [2.24, 2.45) is 0 Å². The number of anilines is 1. The number of para-hydroxylation sites is 1. The Morgan fingerprint density at radius 2 is 1.20 bits per heavy atom. The average molecular weight is 329 g/mol. The van der Waals surface area contributed by atoms with Gasteiger partial charge in [0.2, 0.25) is 5.91 Å². The van der Waals surface area contributed by atoms with Gasteiger partial charge in [-0.2, -0.15) is 0 Å². The normalized spacial score (nSPS) is 10.9. The molecule has 3 aromatic carbocycles. The van der Waals surface area contributed by atoms with Crippen molar-refractivity contribution in [3.05, 3.63) is 102 Å². The first kappa shape index (κ1) is 17.0. The minimum atomic E-state index is -0.331. The maximum absolute atomic E-state index is 13.2. The van der Waals surface area contributed by atoms with Crippen molar-refractivity contribution in [2.75, 3.05) is 5.32 Å². The Morgan fingerprint density at radius 1 is 0.720 bits per heavy atom. The minimum Gasteiger partial charge on any atom is -0.325 e. The van der Waals surface area contributed by atoms with Gasteiger partial charge in [-0.1, -0.05) is 92.7 Å². The molecule has 0 bridgehead atoms. The van der Waals surface area contributed by atoms with Crippen LogP contribution in [-0.2, 0) is 4.79 Å². The van der Waals surface area contributed by atoms with E-state index in [-0.39, 0.29) is 11.8 Å². The predicted octanol–water partition coefficient (Wildman–Crippen LogP) is 5.58. The van der Waals surface area contributed by atoms with Gasteiger partial charge >= 0.3 is 0 Å². The van der Waals surface area contributed by atoms with Crippen LogP contribution in [0, 0.1) is 0 Å². The fourth-order valence-corrected chi connectivity index (χ4v) is 3.11. The van der Waals surface area contributed by atoms with Crippen molar-refractivity contribution >= 4 is 11.6 Å². The Morgan fingerprint density at radius 3 is 1.72 bits per heavy atom. The van der Waals surface area contributed by atoms with E-state index < -0.39 is 0 Å². The molecule has 0 fully saturated rings. The van der Waals surface area contributed by atoms with E-state index in [1.54, 1.807) is 0 Å². The summed E-state index contributed by atoms with van der Waals surface area (Å²) >= 11 is 0. The van der Waals surface area contributed by atoms with E-state index in [2.05, 4.69) is 25.2 Å². The standard InChI is InChI=1S/C23H23NO/c1-17(2)20-15-9-10-16-21(20)24-23(25)22(18-11-5-3-6-12-18)19-13-7-4-8-14-19/h3-17,22H,1-2H3,(H,24,25). The molecule has 126 valence electrons. The first-order valence-electron chi connectivity index (χ1n) is 8.66. The molecule has 2 heteroatoms. The molecule has 3 rings (SSSR count). The Hall–Kier alpha value is -2.87. The average Bonchev–Trinajstić information content (AvgIpc) is 2.64.